The number of nitrogens with zero attached hydrogens (tertiary/aromatic N) is 5. The lowest BCUT2D eigenvalue weighted by atomic mass is 10.2. The van der Waals surface area contributed by atoms with Gasteiger partial charge in [-0.05, 0) is 26.0 Å². The number of hydrogen-bond donors (Lipinski definition) is 2. The van der Waals surface area contributed by atoms with Gasteiger partial charge in [-0.3, -0.25) is 4.79 Å². The Kier molecular flexibility index (Phi) is 6.04. The van der Waals surface area contributed by atoms with Crippen LogP contribution in [0.5, 0.6) is 0 Å². The van der Waals surface area contributed by atoms with Gasteiger partial charge in [0.05, 0.1) is 5.75 Å². The number of thioether (sulfide) groups is 1. The number of benzene rings is 1. The Hall–Kier alpha value is -2.20. The molecule has 10 heteroatoms. The molecule has 0 bridgehead atoms. The number of hydrogen-bond acceptors (Lipinski definition) is 8. The number of carbonyl (C=O) groups is 1. The van der Waals surface area contributed by atoms with E-state index in [4.69, 9.17) is 0 Å². The van der Waals surface area contributed by atoms with Crippen molar-refractivity contribution in [2.24, 2.45) is 0 Å². The molecule has 0 aliphatic rings. The summed E-state index contributed by atoms with van der Waals surface area (Å²) in [4.78, 5) is 25.4. The third kappa shape index (κ3) is 4.31. The first-order valence-electron chi connectivity index (χ1n) is 8.14. The van der Waals surface area contributed by atoms with E-state index in [9.17, 15) is 4.79 Å². The molecule has 2 heterocycles. The van der Waals surface area contributed by atoms with Crippen molar-refractivity contribution in [3.05, 3.63) is 34.3 Å². The first-order valence-corrected chi connectivity index (χ1v) is 9.92. The van der Waals surface area contributed by atoms with Crippen molar-refractivity contribution in [3.63, 3.8) is 0 Å². The van der Waals surface area contributed by atoms with Crippen molar-refractivity contribution in [2.45, 2.75) is 19.0 Å². The Balaban J connectivity index is 1.78. The largest absolute Gasteiger partial charge is 0.354 e. The van der Waals surface area contributed by atoms with E-state index >= 15 is 0 Å². The predicted molar refractivity (Wildman–Crippen MR) is 106 cm³/mol. The highest BCUT2D eigenvalue weighted by molar-refractivity contribution is 9.10. The minimum absolute atomic E-state index is 0.0210. The molecule has 0 atom stereocenters. The first-order chi connectivity index (χ1) is 12.6. The minimum Gasteiger partial charge on any atom is -0.354 e. The van der Waals surface area contributed by atoms with Gasteiger partial charge in [0.25, 0.3) is 5.78 Å². The molecule has 0 aliphatic carbocycles. The summed E-state index contributed by atoms with van der Waals surface area (Å²) < 4.78 is 2.49. The summed E-state index contributed by atoms with van der Waals surface area (Å²) in [7, 11) is 0. The Labute approximate surface area is 163 Å². The highest BCUT2D eigenvalue weighted by Gasteiger charge is 2.14. The number of anilines is 2. The van der Waals surface area contributed by atoms with E-state index in [1.54, 1.807) is 16.6 Å². The van der Waals surface area contributed by atoms with Crippen LogP contribution in [0.1, 0.15) is 24.2 Å². The van der Waals surface area contributed by atoms with Gasteiger partial charge in [0.2, 0.25) is 17.1 Å². The summed E-state index contributed by atoms with van der Waals surface area (Å²) in [6, 6.07) is 7.28. The topological polar surface area (TPSA) is 97.1 Å². The van der Waals surface area contributed by atoms with E-state index in [2.05, 4.69) is 46.6 Å². The lowest BCUT2D eigenvalue weighted by Gasteiger charge is -2.06. The monoisotopic (exact) mass is 435 g/mol. The van der Waals surface area contributed by atoms with Crippen LogP contribution in [0.25, 0.3) is 5.78 Å². The van der Waals surface area contributed by atoms with Gasteiger partial charge in [0.1, 0.15) is 0 Å². The molecule has 0 spiro atoms. The van der Waals surface area contributed by atoms with E-state index in [1.807, 2.05) is 26.0 Å². The molecule has 0 fully saturated rings. The molecule has 0 saturated carbocycles. The maximum atomic E-state index is 12.3. The van der Waals surface area contributed by atoms with Crippen LogP contribution in [-0.4, -0.2) is 49.2 Å². The van der Waals surface area contributed by atoms with Crippen LogP contribution >= 0.6 is 27.7 Å². The van der Waals surface area contributed by atoms with E-state index < -0.39 is 0 Å². The van der Waals surface area contributed by atoms with Crippen molar-refractivity contribution < 1.29 is 4.79 Å². The molecule has 0 amide bonds. The number of carbonyl (C=O) groups excluding carboxylic acids is 1. The third-order valence-electron chi connectivity index (χ3n) is 3.36. The lowest BCUT2D eigenvalue weighted by Crippen LogP contribution is -2.11. The van der Waals surface area contributed by atoms with Crippen molar-refractivity contribution in [3.8, 4) is 0 Å². The highest BCUT2D eigenvalue weighted by Crippen LogP contribution is 2.19. The number of Topliss-reactive ketones (excluding diaryl/α,β-unsaturated/α-hetero) is 1. The number of halogens is 1. The van der Waals surface area contributed by atoms with Gasteiger partial charge >= 0.3 is 0 Å². The van der Waals surface area contributed by atoms with Gasteiger partial charge in [-0.15, -0.1) is 5.10 Å². The second-order valence-corrected chi connectivity index (χ2v) is 7.11. The standard InChI is InChI=1S/C16H18BrN7OS/c1-3-18-13-20-14(19-4-2)24-15(21-13)22-16(23-24)26-9-12(25)10-5-7-11(17)8-6-10/h5-8H,3-4,9H2,1-2H3,(H2,18,19,20,21,22,23). The molecule has 2 aromatic heterocycles. The van der Waals surface area contributed by atoms with Crippen LogP contribution in [0, 0.1) is 0 Å². The van der Waals surface area contributed by atoms with Crippen molar-refractivity contribution in [2.75, 3.05) is 29.5 Å². The smallest absolute Gasteiger partial charge is 0.259 e. The highest BCUT2D eigenvalue weighted by atomic mass is 79.9. The summed E-state index contributed by atoms with van der Waals surface area (Å²) in [5.74, 6) is 1.76. The van der Waals surface area contributed by atoms with Crippen LogP contribution in [0.4, 0.5) is 11.9 Å². The van der Waals surface area contributed by atoms with E-state index in [1.165, 1.54) is 11.8 Å². The lowest BCUT2D eigenvalue weighted by molar-refractivity contribution is 0.102. The first kappa shape index (κ1) is 18.6. The summed E-state index contributed by atoms with van der Waals surface area (Å²) in [6.45, 7) is 5.35. The molecule has 3 rings (SSSR count). The number of rotatable bonds is 8. The average Bonchev–Trinajstić information content (AvgIpc) is 3.04. The maximum Gasteiger partial charge on any atom is 0.259 e. The van der Waals surface area contributed by atoms with Crippen LogP contribution in [0.15, 0.2) is 33.9 Å². The zero-order valence-electron chi connectivity index (χ0n) is 14.4. The Bertz CT molecular complexity index is 913. The van der Waals surface area contributed by atoms with Crippen LogP contribution < -0.4 is 10.6 Å². The van der Waals surface area contributed by atoms with Crippen LogP contribution in [-0.2, 0) is 0 Å². The summed E-state index contributed by atoms with van der Waals surface area (Å²) in [6.07, 6.45) is 0. The van der Waals surface area contributed by atoms with Crippen molar-refractivity contribution >= 4 is 51.1 Å². The average molecular weight is 436 g/mol. The van der Waals surface area contributed by atoms with E-state index in [0.717, 1.165) is 4.47 Å². The predicted octanol–water partition coefficient (Wildman–Crippen LogP) is 3.12. The van der Waals surface area contributed by atoms with Gasteiger partial charge in [-0.2, -0.15) is 19.5 Å². The molecule has 0 saturated heterocycles. The maximum absolute atomic E-state index is 12.3. The molecule has 2 N–H and O–H groups in total. The summed E-state index contributed by atoms with van der Waals surface area (Å²) in [5.41, 5.74) is 0.659. The molecule has 3 aromatic rings. The number of fused-ring (bicyclic) bond motifs is 1. The fraction of sp³-hybridized carbons (Fsp3) is 0.312. The van der Waals surface area contributed by atoms with Gasteiger partial charge in [-0.25, -0.2) is 0 Å². The molecule has 0 radical (unpaired) electrons. The summed E-state index contributed by atoms with van der Waals surface area (Å²) >= 11 is 4.64. The third-order valence-corrected chi connectivity index (χ3v) is 4.72. The van der Waals surface area contributed by atoms with E-state index in [-0.39, 0.29) is 11.5 Å². The minimum atomic E-state index is 0.0210. The fourth-order valence-corrected chi connectivity index (χ4v) is 3.16. The molecule has 136 valence electrons. The van der Waals surface area contributed by atoms with Gasteiger partial charge in [0.15, 0.2) is 5.78 Å². The van der Waals surface area contributed by atoms with Gasteiger partial charge in [-0.1, -0.05) is 39.8 Å². The summed E-state index contributed by atoms with van der Waals surface area (Å²) in [5, 5.41) is 11.1. The van der Waals surface area contributed by atoms with Crippen molar-refractivity contribution in [1.29, 1.82) is 0 Å². The van der Waals surface area contributed by atoms with Crippen LogP contribution in [0.2, 0.25) is 0 Å². The Morgan fingerprint density at radius 3 is 2.54 bits per heavy atom. The second kappa shape index (κ2) is 8.45. The number of nitrogens with one attached hydrogen (secondary N) is 2. The van der Waals surface area contributed by atoms with Crippen molar-refractivity contribution in [1.82, 2.24) is 24.6 Å². The molecular formula is C16H18BrN7OS. The van der Waals surface area contributed by atoms with Gasteiger partial charge < -0.3 is 10.6 Å². The molecule has 1 aromatic carbocycles. The van der Waals surface area contributed by atoms with Crippen LogP contribution in [0.3, 0.4) is 0 Å². The normalized spacial score (nSPS) is 10.9. The van der Waals surface area contributed by atoms with Gasteiger partial charge in [0, 0.05) is 23.1 Å². The Morgan fingerprint density at radius 2 is 1.85 bits per heavy atom. The molecular weight excluding hydrogens is 418 g/mol. The SMILES string of the molecule is CCNc1nc(NCC)n2nc(SCC(=O)c3ccc(Br)cc3)nc2n1. The van der Waals surface area contributed by atoms with E-state index in [0.29, 0.717) is 41.5 Å². The Morgan fingerprint density at radius 1 is 1.12 bits per heavy atom. The fourth-order valence-electron chi connectivity index (χ4n) is 2.19. The second-order valence-electron chi connectivity index (χ2n) is 5.26. The molecule has 0 aliphatic heterocycles. The zero-order chi connectivity index (χ0) is 18.5. The number of ketones is 1. The molecule has 26 heavy (non-hydrogen) atoms. The zero-order valence-corrected chi connectivity index (χ0v) is 16.8. The number of aromatic nitrogens is 5. The quantitative estimate of drug-likeness (QED) is 0.411. The molecule has 0 unspecified atom stereocenters. The molecule has 8 nitrogen and oxygen atoms in total.